The van der Waals surface area contributed by atoms with Crippen molar-refractivity contribution in [2.45, 2.75) is 36.1 Å². The van der Waals surface area contributed by atoms with Crippen LogP contribution >= 0.6 is 0 Å². The zero-order valence-electron chi connectivity index (χ0n) is 23.8. The van der Waals surface area contributed by atoms with E-state index in [-0.39, 0.29) is 40.3 Å². The Morgan fingerprint density at radius 1 is 0.978 bits per heavy atom. The molecule has 3 aromatic carbocycles. The minimum Gasteiger partial charge on any atom is -0.497 e. The van der Waals surface area contributed by atoms with E-state index in [2.05, 4.69) is 5.16 Å². The topological polar surface area (TPSA) is 104 Å². The third-order valence-electron chi connectivity index (χ3n) is 7.75. The van der Waals surface area contributed by atoms with Crippen LogP contribution in [-0.4, -0.2) is 38.3 Å². The fourth-order valence-electron chi connectivity index (χ4n) is 5.42. The van der Waals surface area contributed by atoms with E-state index >= 15 is 8.78 Å². The summed E-state index contributed by atoms with van der Waals surface area (Å²) in [4.78, 5) is 12.4. The van der Waals surface area contributed by atoms with Gasteiger partial charge in [0.2, 0.25) is 5.92 Å². The molecule has 0 unspecified atom stereocenters. The van der Waals surface area contributed by atoms with E-state index in [1.54, 1.807) is 24.3 Å². The summed E-state index contributed by atoms with van der Waals surface area (Å²) in [6.07, 6.45) is 0.134. The number of alkyl halides is 2. The summed E-state index contributed by atoms with van der Waals surface area (Å²) in [6, 6.07) is 14.4. The van der Waals surface area contributed by atoms with Crippen LogP contribution in [0.1, 0.15) is 29.9 Å². The Morgan fingerprint density at radius 3 is 2.33 bits per heavy atom. The van der Waals surface area contributed by atoms with Crippen molar-refractivity contribution in [3.63, 3.8) is 0 Å². The zero-order valence-corrected chi connectivity index (χ0v) is 24.7. The summed E-state index contributed by atoms with van der Waals surface area (Å²) in [5.74, 6) is -5.21. The Kier molecular flexibility index (Phi) is 7.55. The molecule has 0 atom stereocenters. The number of hydrogen-bond donors (Lipinski definition) is 0. The Bertz CT molecular complexity index is 2060. The van der Waals surface area contributed by atoms with Gasteiger partial charge in [-0.2, -0.15) is 0 Å². The molecule has 0 radical (unpaired) electrons. The maximum absolute atomic E-state index is 15.9. The molecule has 1 saturated carbocycles. The van der Waals surface area contributed by atoms with Gasteiger partial charge in [-0.25, -0.2) is 30.3 Å². The van der Waals surface area contributed by atoms with E-state index in [1.807, 2.05) is 0 Å². The van der Waals surface area contributed by atoms with Crippen molar-refractivity contribution in [2.24, 2.45) is 0 Å². The number of hydrogen-bond acceptors (Lipinski definition) is 7. The standard InChI is InChI=1S/C31H25F4N3O6S/c1-42-21-6-3-18(4-7-21)17-37(29-9-10-44-36-29)45(40,41)28-11-19-5-8-30(39)38(25(19)14-24(28)33)26-13-23(32)22(12-27(26)43-2)20-15-31(34,35)16-20/h3-14,20H,15-17H2,1-2H3. The van der Waals surface area contributed by atoms with Gasteiger partial charge in [0.15, 0.2) is 5.82 Å². The van der Waals surface area contributed by atoms with E-state index < -0.39 is 56.8 Å². The van der Waals surface area contributed by atoms with Gasteiger partial charge >= 0.3 is 0 Å². The number of aromatic nitrogens is 2. The third-order valence-corrected chi connectivity index (χ3v) is 9.52. The van der Waals surface area contributed by atoms with E-state index in [0.717, 1.165) is 33.1 Å². The maximum Gasteiger partial charge on any atom is 0.268 e. The molecular weight excluding hydrogens is 618 g/mol. The van der Waals surface area contributed by atoms with Gasteiger partial charge in [-0.05, 0) is 47.4 Å². The van der Waals surface area contributed by atoms with Crippen LogP contribution in [0.3, 0.4) is 0 Å². The molecule has 234 valence electrons. The molecule has 0 bridgehead atoms. The lowest BCUT2D eigenvalue weighted by Gasteiger charge is -2.35. The second-order valence-electron chi connectivity index (χ2n) is 10.6. The lowest BCUT2D eigenvalue weighted by atomic mass is 9.76. The number of anilines is 1. The molecule has 6 rings (SSSR count). The fraction of sp³-hybridized carbons (Fsp3) is 0.226. The highest BCUT2D eigenvalue weighted by Crippen LogP contribution is 2.50. The molecule has 0 N–H and O–H groups in total. The van der Waals surface area contributed by atoms with Crippen LogP contribution in [0, 0.1) is 11.6 Å². The molecule has 1 aliphatic carbocycles. The van der Waals surface area contributed by atoms with E-state index in [0.29, 0.717) is 11.3 Å². The van der Waals surface area contributed by atoms with Crippen LogP contribution in [0.5, 0.6) is 11.5 Å². The van der Waals surface area contributed by atoms with Crippen LogP contribution < -0.4 is 19.3 Å². The van der Waals surface area contributed by atoms with Gasteiger partial charge in [-0.1, -0.05) is 17.3 Å². The Morgan fingerprint density at radius 2 is 1.71 bits per heavy atom. The largest absolute Gasteiger partial charge is 0.497 e. The molecule has 2 heterocycles. The van der Waals surface area contributed by atoms with Crippen LogP contribution in [0.4, 0.5) is 23.4 Å². The summed E-state index contributed by atoms with van der Waals surface area (Å²) in [6.45, 7) is -0.231. The Hall–Kier alpha value is -4.85. The van der Waals surface area contributed by atoms with Crippen molar-refractivity contribution >= 4 is 26.7 Å². The minimum absolute atomic E-state index is 0.00924. The van der Waals surface area contributed by atoms with Crippen molar-refractivity contribution in [3.8, 4) is 17.2 Å². The van der Waals surface area contributed by atoms with Crippen molar-refractivity contribution in [3.05, 3.63) is 106 Å². The number of benzene rings is 3. The summed E-state index contributed by atoms with van der Waals surface area (Å²) in [5.41, 5.74) is -0.330. The predicted molar refractivity (Wildman–Crippen MR) is 156 cm³/mol. The first-order valence-electron chi connectivity index (χ1n) is 13.6. The molecular formula is C31H25F4N3O6S. The highest BCUT2D eigenvalue weighted by molar-refractivity contribution is 7.92. The molecule has 45 heavy (non-hydrogen) atoms. The van der Waals surface area contributed by atoms with E-state index in [1.165, 1.54) is 38.7 Å². The number of pyridine rings is 1. The predicted octanol–water partition coefficient (Wildman–Crippen LogP) is 6.18. The SMILES string of the molecule is COc1ccc(CN(c2ccon2)S(=O)(=O)c2cc3ccc(=O)n(-c4cc(F)c(C5CC(F)(F)C5)cc4OC)c3cc2F)cc1. The molecule has 1 aliphatic rings. The first-order valence-corrected chi connectivity index (χ1v) is 15.0. The van der Waals surface area contributed by atoms with Gasteiger partial charge in [0.25, 0.3) is 15.6 Å². The van der Waals surface area contributed by atoms with E-state index in [9.17, 15) is 22.0 Å². The molecule has 0 aliphatic heterocycles. The van der Waals surface area contributed by atoms with Gasteiger partial charge in [-0.3, -0.25) is 9.36 Å². The van der Waals surface area contributed by atoms with Gasteiger partial charge in [0.05, 0.1) is 32.0 Å². The molecule has 9 nitrogen and oxygen atoms in total. The van der Waals surface area contributed by atoms with Crippen LogP contribution in [-0.2, 0) is 16.6 Å². The number of ether oxygens (including phenoxy) is 2. The lowest BCUT2D eigenvalue weighted by molar-refractivity contribution is -0.0873. The summed E-state index contributed by atoms with van der Waals surface area (Å²) in [5, 5.41) is 3.88. The van der Waals surface area contributed by atoms with Crippen molar-refractivity contribution in [1.29, 1.82) is 0 Å². The number of nitrogens with zero attached hydrogens (tertiary/aromatic N) is 3. The number of methoxy groups -OCH3 is 2. The monoisotopic (exact) mass is 643 g/mol. The molecule has 0 spiro atoms. The molecule has 0 amide bonds. The smallest absolute Gasteiger partial charge is 0.268 e. The van der Waals surface area contributed by atoms with Crippen molar-refractivity contribution in [1.82, 2.24) is 9.72 Å². The highest BCUT2D eigenvalue weighted by atomic mass is 32.2. The van der Waals surface area contributed by atoms with Gasteiger partial charge in [0.1, 0.15) is 34.3 Å². The average molecular weight is 644 g/mol. The zero-order chi connectivity index (χ0) is 32.1. The Labute approximate surface area is 254 Å². The molecule has 2 aromatic heterocycles. The van der Waals surface area contributed by atoms with Crippen molar-refractivity contribution < 1.29 is 40.0 Å². The van der Waals surface area contributed by atoms with E-state index in [4.69, 9.17) is 14.0 Å². The first kappa shape index (κ1) is 30.2. The minimum atomic E-state index is -4.62. The molecule has 5 aromatic rings. The van der Waals surface area contributed by atoms with Crippen LogP contribution in [0.2, 0.25) is 0 Å². The number of fused-ring (bicyclic) bond motifs is 1. The lowest BCUT2D eigenvalue weighted by Crippen LogP contribution is -2.34. The normalized spacial score (nSPS) is 14.7. The third kappa shape index (κ3) is 5.50. The fourth-order valence-corrected chi connectivity index (χ4v) is 6.89. The average Bonchev–Trinajstić information content (AvgIpc) is 3.53. The Balaban J connectivity index is 1.45. The summed E-state index contributed by atoms with van der Waals surface area (Å²) < 4.78 is 103. The quantitative estimate of drug-likeness (QED) is 0.177. The number of halogens is 4. The molecule has 1 fully saturated rings. The summed E-state index contributed by atoms with van der Waals surface area (Å²) in [7, 11) is -1.86. The van der Waals surface area contributed by atoms with Gasteiger partial charge in [-0.15, -0.1) is 0 Å². The van der Waals surface area contributed by atoms with Crippen LogP contribution in [0.25, 0.3) is 16.6 Å². The first-order chi connectivity index (χ1) is 21.4. The van der Waals surface area contributed by atoms with Crippen molar-refractivity contribution in [2.75, 3.05) is 18.5 Å². The van der Waals surface area contributed by atoms with Gasteiger partial charge in [0, 0.05) is 42.5 Å². The summed E-state index contributed by atoms with van der Waals surface area (Å²) >= 11 is 0. The van der Waals surface area contributed by atoms with Crippen LogP contribution in [0.15, 0.2) is 87.2 Å². The van der Waals surface area contributed by atoms with Gasteiger partial charge < -0.3 is 14.0 Å². The molecule has 14 heteroatoms. The number of rotatable bonds is 9. The molecule has 0 saturated heterocycles. The second kappa shape index (κ2) is 11.3. The maximum atomic E-state index is 15.9. The number of sulfonamides is 1. The highest BCUT2D eigenvalue weighted by Gasteiger charge is 2.47. The second-order valence-corrected chi connectivity index (χ2v) is 12.4.